The SMILES string of the molecule is Cc1c(-c2ccccc2)nc(-c2ccccc2)nc1-c1ccccc1-c1cccc(-c2cccc(C3NC4=C(CCC=C4)S3)c2)c1-c1ccccc1N. The molecule has 256 valence electrons. The highest BCUT2D eigenvalue weighted by atomic mass is 32.2. The van der Waals surface area contributed by atoms with Gasteiger partial charge in [-0.2, -0.15) is 0 Å². The molecule has 1 unspecified atom stereocenters. The maximum absolute atomic E-state index is 6.84. The first-order valence-corrected chi connectivity index (χ1v) is 19.0. The smallest absolute Gasteiger partial charge is 0.160 e. The second-order valence-electron chi connectivity index (χ2n) is 13.5. The first-order valence-electron chi connectivity index (χ1n) is 18.1. The Balaban J connectivity index is 1.24. The molecule has 0 saturated carbocycles. The minimum absolute atomic E-state index is 0.176. The molecule has 6 aromatic carbocycles. The van der Waals surface area contributed by atoms with Crippen LogP contribution in [0.4, 0.5) is 5.69 Å². The molecule has 0 amide bonds. The van der Waals surface area contributed by atoms with E-state index >= 15 is 0 Å². The maximum Gasteiger partial charge on any atom is 0.160 e. The zero-order chi connectivity index (χ0) is 35.7. The summed E-state index contributed by atoms with van der Waals surface area (Å²) in [6.45, 7) is 2.14. The fourth-order valence-corrected chi connectivity index (χ4v) is 8.80. The third kappa shape index (κ3) is 6.24. The Kier molecular flexibility index (Phi) is 8.70. The number of rotatable bonds is 7. The van der Waals surface area contributed by atoms with Crippen LogP contribution in [-0.2, 0) is 0 Å². The lowest BCUT2D eigenvalue weighted by Crippen LogP contribution is -2.12. The highest BCUT2D eigenvalue weighted by molar-refractivity contribution is 8.03. The molecule has 1 atom stereocenters. The van der Waals surface area contributed by atoms with E-state index in [0.717, 1.165) is 85.6 Å². The van der Waals surface area contributed by atoms with Gasteiger partial charge in [-0.15, -0.1) is 0 Å². The molecular weight excluding hydrogens is 665 g/mol. The molecule has 3 N–H and O–H groups in total. The Morgan fingerprint density at radius 3 is 2.00 bits per heavy atom. The highest BCUT2D eigenvalue weighted by Gasteiger charge is 2.26. The molecule has 2 aliphatic rings. The van der Waals surface area contributed by atoms with Crippen LogP contribution in [0.5, 0.6) is 0 Å². The van der Waals surface area contributed by atoms with Gasteiger partial charge < -0.3 is 11.1 Å². The minimum atomic E-state index is 0.176. The number of nitrogens with zero attached hydrogens (tertiary/aromatic N) is 2. The third-order valence-corrected chi connectivity index (χ3v) is 11.5. The van der Waals surface area contributed by atoms with Gasteiger partial charge in [0.2, 0.25) is 0 Å². The number of benzene rings is 6. The van der Waals surface area contributed by atoms with Crippen molar-refractivity contribution in [1.29, 1.82) is 0 Å². The van der Waals surface area contributed by atoms with Gasteiger partial charge in [0.15, 0.2) is 5.82 Å². The number of thioether (sulfide) groups is 1. The zero-order valence-electron chi connectivity index (χ0n) is 29.5. The largest absolute Gasteiger partial charge is 0.398 e. The molecule has 53 heavy (non-hydrogen) atoms. The zero-order valence-corrected chi connectivity index (χ0v) is 30.3. The summed E-state index contributed by atoms with van der Waals surface area (Å²) < 4.78 is 0. The molecule has 7 aromatic rings. The molecule has 4 nitrogen and oxygen atoms in total. The monoisotopic (exact) mass is 702 g/mol. The van der Waals surface area contributed by atoms with Gasteiger partial charge >= 0.3 is 0 Å². The Bertz CT molecular complexity index is 2540. The van der Waals surface area contributed by atoms with Crippen molar-refractivity contribution in [3.05, 3.63) is 186 Å². The predicted molar refractivity (Wildman–Crippen MR) is 223 cm³/mol. The van der Waals surface area contributed by atoms with Crippen molar-refractivity contribution in [2.75, 3.05) is 5.73 Å². The number of anilines is 1. The van der Waals surface area contributed by atoms with Gasteiger partial charge in [-0.05, 0) is 71.4 Å². The first kappa shape index (κ1) is 32.7. The fraction of sp³-hybridized carbons (Fsp3) is 0.0833. The number of hydrogen-bond acceptors (Lipinski definition) is 5. The van der Waals surface area contributed by atoms with Gasteiger partial charge in [-0.3, -0.25) is 0 Å². The summed E-state index contributed by atoms with van der Waals surface area (Å²) in [5, 5.41) is 3.94. The molecule has 1 aromatic heterocycles. The molecule has 0 spiro atoms. The summed E-state index contributed by atoms with van der Waals surface area (Å²) >= 11 is 1.94. The van der Waals surface area contributed by atoms with Crippen LogP contribution in [0, 0.1) is 6.92 Å². The maximum atomic E-state index is 6.84. The van der Waals surface area contributed by atoms with Crippen molar-refractivity contribution in [2.24, 2.45) is 0 Å². The lowest BCUT2D eigenvalue weighted by Gasteiger charge is -2.21. The molecule has 5 heteroatoms. The van der Waals surface area contributed by atoms with E-state index in [1.807, 2.05) is 48.2 Å². The van der Waals surface area contributed by atoms with E-state index in [1.165, 1.54) is 16.2 Å². The van der Waals surface area contributed by atoms with E-state index in [0.29, 0.717) is 5.82 Å². The van der Waals surface area contributed by atoms with Gasteiger partial charge in [0.05, 0.1) is 11.4 Å². The predicted octanol–water partition coefficient (Wildman–Crippen LogP) is 12.3. The third-order valence-electron chi connectivity index (χ3n) is 10.2. The second-order valence-corrected chi connectivity index (χ2v) is 14.7. The van der Waals surface area contributed by atoms with Crippen LogP contribution >= 0.6 is 11.8 Å². The van der Waals surface area contributed by atoms with Crippen molar-refractivity contribution < 1.29 is 0 Å². The number of nitrogen functional groups attached to an aromatic ring is 1. The standard InChI is InChI=1S/C48H38N4S/c1-31-45(32-16-4-2-5-17-32)51-47(33-18-6-3-7-19-33)52-46(31)39-23-9-8-22-37(39)38-26-15-25-36(44(38)40-24-10-11-27-41(40)49)34-20-14-21-35(30-34)48-50-42-28-12-13-29-43(42)53-48/h2-12,14-28,30,48,50H,13,29,49H2,1H3. The van der Waals surface area contributed by atoms with Gasteiger partial charge in [0.25, 0.3) is 0 Å². The van der Waals surface area contributed by atoms with Crippen LogP contribution in [0.2, 0.25) is 0 Å². The molecule has 0 radical (unpaired) electrons. The molecule has 1 aliphatic carbocycles. The van der Waals surface area contributed by atoms with Gasteiger partial charge in [0.1, 0.15) is 5.37 Å². The Hall–Kier alpha value is -6.17. The average Bonchev–Trinajstić information content (AvgIpc) is 3.67. The van der Waals surface area contributed by atoms with Crippen LogP contribution in [0.1, 0.15) is 29.3 Å². The topological polar surface area (TPSA) is 63.8 Å². The van der Waals surface area contributed by atoms with Crippen LogP contribution in [0.3, 0.4) is 0 Å². The van der Waals surface area contributed by atoms with E-state index in [2.05, 4.69) is 140 Å². The Morgan fingerprint density at radius 1 is 0.604 bits per heavy atom. The van der Waals surface area contributed by atoms with E-state index in [1.54, 1.807) is 0 Å². The van der Waals surface area contributed by atoms with Gasteiger partial charge in [0, 0.05) is 44.1 Å². The number of hydrogen-bond donors (Lipinski definition) is 2. The second kappa shape index (κ2) is 14.1. The summed E-state index contributed by atoms with van der Waals surface area (Å²) in [5.74, 6) is 0.697. The summed E-state index contributed by atoms with van der Waals surface area (Å²) in [6, 6.07) is 53.1. The lowest BCUT2D eigenvalue weighted by molar-refractivity contribution is 0.817. The number of aromatic nitrogens is 2. The molecule has 2 heterocycles. The quantitative estimate of drug-likeness (QED) is 0.162. The number of nitrogens with one attached hydrogen (secondary N) is 1. The van der Waals surface area contributed by atoms with Crippen LogP contribution in [-0.4, -0.2) is 9.97 Å². The normalized spacial score (nSPS) is 14.9. The van der Waals surface area contributed by atoms with Gasteiger partial charge in [-0.25, -0.2) is 9.97 Å². The molecular formula is C48H38N4S. The minimum Gasteiger partial charge on any atom is -0.398 e. The van der Waals surface area contributed by atoms with Crippen molar-refractivity contribution in [3.63, 3.8) is 0 Å². The average molecular weight is 703 g/mol. The number of allylic oxidation sites excluding steroid dienone is 3. The molecule has 0 bridgehead atoms. The summed E-state index contributed by atoms with van der Waals surface area (Å²) in [5.41, 5.74) is 22.6. The molecule has 1 aliphatic heterocycles. The Labute approximate surface area is 315 Å². The molecule has 0 saturated heterocycles. The Morgan fingerprint density at radius 2 is 1.23 bits per heavy atom. The van der Waals surface area contributed by atoms with E-state index in [-0.39, 0.29) is 5.37 Å². The van der Waals surface area contributed by atoms with Gasteiger partial charge in [-0.1, -0.05) is 157 Å². The van der Waals surface area contributed by atoms with Crippen molar-refractivity contribution >= 4 is 17.4 Å². The highest BCUT2D eigenvalue weighted by Crippen LogP contribution is 2.48. The van der Waals surface area contributed by atoms with Crippen molar-refractivity contribution in [2.45, 2.75) is 25.1 Å². The first-order chi connectivity index (χ1) is 26.1. The molecule has 0 fully saturated rings. The van der Waals surface area contributed by atoms with E-state index in [9.17, 15) is 0 Å². The number of nitrogens with two attached hydrogens (primary N) is 1. The summed E-state index contributed by atoms with van der Waals surface area (Å²) in [4.78, 5) is 11.9. The van der Waals surface area contributed by atoms with Crippen molar-refractivity contribution in [1.82, 2.24) is 15.3 Å². The lowest BCUT2D eigenvalue weighted by atomic mass is 9.84. The van der Waals surface area contributed by atoms with E-state index in [4.69, 9.17) is 15.7 Å². The summed E-state index contributed by atoms with van der Waals surface area (Å²) in [7, 11) is 0. The van der Waals surface area contributed by atoms with E-state index < -0.39 is 0 Å². The molecule has 9 rings (SSSR count). The van der Waals surface area contributed by atoms with Crippen LogP contribution in [0.25, 0.3) is 67.3 Å². The van der Waals surface area contributed by atoms with Crippen LogP contribution < -0.4 is 11.1 Å². The number of para-hydroxylation sites is 1. The van der Waals surface area contributed by atoms with Crippen LogP contribution in [0.15, 0.2) is 174 Å². The fourth-order valence-electron chi connectivity index (χ4n) is 7.56. The van der Waals surface area contributed by atoms with Crippen molar-refractivity contribution in [3.8, 4) is 67.3 Å². The summed E-state index contributed by atoms with van der Waals surface area (Å²) in [6.07, 6.45) is 6.70.